The van der Waals surface area contributed by atoms with Crippen molar-refractivity contribution >= 4 is 11.8 Å². The van der Waals surface area contributed by atoms with Crippen molar-refractivity contribution in [2.75, 3.05) is 13.7 Å². The second-order valence-corrected chi connectivity index (χ2v) is 3.39. The molecular weight excluding hydrogens is 208 g/mol. The smallest absolute Gasteiger partial charge is 0.343 e. The first kappa shape index (κ1) is 12.2. The topological polar surface area (TPSA) is 52.6 Å². The Morgan fingerprint density at radius 1 is 1.19 bits per heavy atom. The van der Waals surface area contributed by atoms with E-state index in [0.29, 0.717) is 12.2 Å². The number of carbonyl (C=O) groups is 2. The van der Waals surface area contributed by atoms with Crippen molar-refractivity contribution in [2.24, 2.45) is 0 Å². The van der Waals surface area contributed by atoms with Crippen LogP contribution >= 0.6 is 0 Å². The molecule has 0 saturated carbocycles. The van der Waals surface area contributed by atoms with Crippen molar-refractivity contribution in [3.63, 3.8) is 0 Å². The van der Waals surface area contributed by atoms with Gasteiger partial charge in [-0.1, -0.05) is 12.1 Å². The summed E-state index contributed by atoms with van der Waals surface area (Å²) < 4.78 is 9.60. The average Bonchev–Trinajstić information content (AvgIpc) is 2.27. The number of esters is 1. The Bertz CT molecular complexity index is 367. The summed E-state index contributed by atoms with van der Waals surface area (Å²) in [6, 6.07) is 7.05. The number of benzene rings is 1. The van der Waals surface area contributed by atoms with E-state index in [0.717, 1.165) is 5.56 Å². The van der Waals surface area contributed by atoms with E-state index in [-0.39, 0.29) is 12.4 Å². The lowest BCUT2D eigenvalue weighted by Gasteiger charge is -2.05. The van der Waals surface area contributed by atoms with Gasteiger partial charge in [0.2, 0.25) is 0 Å². The zero-order chi connectivity index (χ0) is 12.0. The fourth-order valence-corrected chi connectivity index (χ4v) is 1.19. The van der Waals surface area contributed by atoms with Gasteiger partial charge in [-0.15, -0.1) is 0 Å². The fourth-order valence-electron chi connectivity index (χ4n) is 1.19. The number of carbonyl (C=O) groups excluding carboxylic acids is 2. The molecule has 0 aliphatic heterocycles. The van der Waals surface area contributed by atoms with Crippen molar-refractivity contribution < 1.29 is 19.1 Å². The lowest BCUT2D eigenvalue weighted by molar-refractivity contribution is -0.142. The van der Waals surface area contributed by atoms with Crippen LogP contribution in [0.2, 0.25) is 0 Å². The van der Waals surface area contributed by atoms with Gasteiger partial charge < -0.3 is 9.47 Å². The fraction of sp³-hybridized carbons (Fsp3) is 0.333. The van der Waals surface area contributed by atoms with Gasteiger partial charge in [0, 0.05) is 6.42 Å². The van der Waals surface area contributed by atoms with E-state index in [1.165, 1.54) is 7.11 Å². The summed E-state index contributed by atoms with van der Waals surface area (Å²) in [7, 11) is 1.31. The molecular formula is C12H14O4. The molecule has 0 N–H and O–H groups in total. The zero-order valence-electron chi connectivity index (χ0n) is 9.36. The second kappa shape index (κ2) is 5.90. The summed E-state index contributed by atoms with van der Waals surface area (Å²) >= 11 is 0. The first-order valence-electron chi connectivity index (χ1n) is 4.90. The summed E-state index contributed by atoms with van der Waals surface area (Å²) in [5.74, 6) is 0.272. The van der Waals surface area contributed by atoms with E-state index in [2.05, 4.69) is 4.74 Å². The maximum Gasteiger partial charge on any atom is 0.343 e. The van der Waals surface area contributed by atoms with Crippen molar-refractivity contribution in [2.45, 2.75) is 13.3 Å². The minimum atomic E-state index is -0.423. The van der Waals surface area contributed by atoms with Crippen LogP contribution in [0.25, 0.3) is 0 Å². The van der Waals surface area contributed by atoms with E-state index in [4.69, 9.17) is 4.74 Å². The van der Waals surface area contributed by atoms with E-state index in [1.54, 1.807) is 31.2 Å². The molecule has 0 aliphatic carbocycles. The van der Waals surface area contributed by atoms with Crippen molar-refractivity contribution in [1.82, 2.24) is 0 Å². The van der Waals surface area contributed by atoms with Crippen LogP contribution in [0, 0.1) is 0 Å². The average molecular weight is 222 g/mol. The van der Waals surface area contributed by atoms with Crippen LogP contribution in [0.5, 0.6) is 5.75 Å². The van der Waals surface area contributed by atoms with Gasteiger partial charge in [-0.2, -0.15) is 0 Å². The largest absolute Gasteiger partial charge is 0.482 e. The minimum absolute atomic E-state index is 0.109. The molecule has 1 aromatic carbocycles. The predicted octanol–water partition coefficient (Wildman–Crippen LogP) is 1.37. The van der Waals surface area contributed by atoms with Crippen LogP contribution in [0.1, 0.15) is 12.5 Å². The highest BCUT2D eigenvalue weighted by atomic mass is 16.6. The quantitative estimate of drug-likeness (QED) is 0.706. The number of methoxy groups -OCH3 is 1. The summed E-state index contributed by atoms with van der Waals surface area (Å²) in [5.41, 5.74) is 0.929. The number of ketones is 1. The van der Waals surface area contributed by atoms with Crippen molar-refractivity contribution in [3.05, 3.63) is 29.8 Å². The molecule has 0 bridgehead atoms. The molecule has 86 valence electrons. The highest BCUT2D eigenvalue weighted by Gasteiger charge is 2.02. The SMILES string of the molecule is COC(=O)COc1ccc(CC(C)=O)cc1. The van der Waals surface area contributed by atoms with Crippen LogP contribution in [0.15, 0.2) is 24.3 Å². The summed E-state index contributed by atoms with van der Waals surface area (Å²) in [6.07, 6.45) is 0.414. The Morgan fingerprint density at radius 2 is 1.81 bits per heavy atom. The Hall–Kier alpha value is -1.84. The van der Waals surface area contributed by atoms with E-state index < -0.39 is 5.97 Å². The third kappa shape index (κ3) is 4.13. The molecule has 0 radical (unpaired) electrons. The molecule has 16 heavy (non-hydrogen) atoms. The van der Waals surface area contributed by atoms with Gasteiger partial charge >= 0.3 is 5.97 Å². The molecule has 4 heteroatoms. The molecule has 0 amide bonds. The lowest BCUT2D eigenvalue weighted by atomic mass is 10.1. The van der Waals surface area contributed by atoms with Gasteiger partial charge in [0.25, 0.3) is 0 Å². The first-order chi connectivity index (χ1) is 7.61. The molecule has 0 atom stereocenters. The molecule has 0 saturated heterocycles. The van der Waals surface area contributed by atoms with Crippen LogP contribution in [0.3, 0.4) is 0 Å². The lowest BCUT2D eigenvalue weighted by Crippen LogP contribution is -2.12. The van der Waals surface area contributed by atoms with E-state index in [9.17, 15) is 9.59 Å². The maximum absolute atomic E-state index is 10.9. The molecule has 0 aromatic heterocycles. The summed E-state index contributed by atoms with van der Waals surface area (Å²) in [6.45, 7) is 1.43. The van der Waals surface area contributed by atoms with Gasteiger partial charge in [-0.3, -0.25) is 4.79 Å². The minimum Gasteiger partial charge on any atom is -0.482 e. The Morgan fingerprint density at radius 3 is 2.31 bits per heavy atom. The van der Waals surface area contributed by atoms with E-state index >= 15 is 0 Å². The molecule has 0 fully saturated rings. The monoisotopic (exact) mass is 222 g/mol. The molecule has 1 aromatic rings. The summed E-state index contributed by atoms with van der Waals surface area (Å²) in [5, 5.41) is 0. The van der Waals surface area contributed by atoms with Crippen LogP contribution < -0.4 is 4.74 Å². The molecule has 1 rings (SSSR count). The number of rotatable bonds is 5. The zero-order valence-corrected chi connectivity index (χ0v) is 9.36. The van der Waals surface area contributed by atoms with Gasteiger partial charge in [0.1, 0.15) is 11.5 Å². The van der Waals surface area contributed by atoms with Gasteiger partial charge in [0.15, 0.2) is 6.61 Å². The van der Waals surface area contributed by atoms with Gasteiger partial charge in [0.05, 0.1) is 7.11 Å². The number of hydrogen-bond donors (Lipinski definition) is 0. The molecule has 0 spiro atoms. The highest BCUT2D eigenvalue weighted by Crippen LogP contribution is 2.12. The van der Waals surface area contributed by atoms with Crippen LogP contribution in [-0.2, 0) is 20.7 Å². The Labute approximate surface area is 94.2 Å². The Kier molecular flexibility index (Phi) is 4.51. The third-order valence-electron chi connectivity index (χ3n) is 1.96. The third-order valence-corrected chi connectivity index (χ3v) is 1.96. The predicted molar refractivity (Wildman–Crippen MR) is 58.3 cm³/mol. The summed E-state index contributed by atoms with van der Waals surface area (Å²) in [4.78, 5) is 21.7. The standard InChI is InChI=1S/C12H14O4/c1-9(13)7-10-3-5-11(6-4-10)16-8-12(14)15-2/h3-6H,7-8H2,1-2H3. The normalized spacial score (nSPS) is 9.62. The highest BCUT2D eigenvalue weighted by molar-refractivity contribution is 5.78. The maximum atomic E-state index is 10.9. The van der Waals surface area contributed by atoms with Crippen LogP contribution in [0.4, 0.5) is 0 Å². The molecule has 0 unspecified atom stereocenters. The molecule has 0 aliphatic rings. The first-order valence-corrected chi connectivity index (χ1v) is 4.90. The number of hydrogen-bond acceptors (Lipinski definition) is 4. The molecule has 4 nitrogen and oxygen atoms in total. The molecule has 0 heterocycles. The van der Waals surface area contributed by atoms with Crippen LogP contribution in [-0.4, -0.2) is 25.5 Å². The van der Waals surface area contributed by atoms with E-state index in [1.807, 2.05) is 0 Å². The van der Waals surface area contributed by atoms with Gasteiger partial charge in [-0.05, 0) is 24.6 Å². The number of Topliss-reactive ketones (excluding diaryl/α,β-unsaturated/α-hetero) is 1. The number of ether oxygens (including phenoxy) is 2. The van der Waals surface area contributed by atoms with Crippen molar-refractivity contribution in [1.29, 1.82) is 0 Å². The van der Waals surface area contributed by atoms with Crippen molar-refractivity contribution in [3.8, 4) is 5.75 Å². The van der Waals surface area contributed by atoms with Gasteiger partial charge in [-0.25, -0.2) is 4.79 Å². The second-order valence-electron chi connectivity index (χ2n) is 3.39. The Balaban J connectivity index is 2.51.